The number of hydrogen-bond acceptors (Lipinski definition) is 7. The average molecular weight is 298 g/mol. The molecule has 4 heterocycles. The van der Waals surface area contributed by atoms with E-state index in [9.17, 15) is 4.79 Å². The Labute approximate surface area is 122 Å². The van der Waals surface area contributed by atoms with E-state index in [1.807, 2.05) is 0 Å². The molecule has 4 aliphatic rings. The molecule has 0 unspecified atom stereocenters. The van der Waals surface area contributed by atoms with Gasteiger partial charge in [-0.2, -0.15) is 0 Å². The van der Waals surface area contributed by atoms with Crippen LogP contribution in [0.2, 0.25) is 0 Å². The maximum absolute atomic E-state index is 11.8. The monoisotopic (exact) mass is 298 g/mol. The summed E-state index contributed by atoms with van der Waals surface area (Å²) in [5.74, 6) is -2.36. The smallest absolute Gasteiger partial charge is 0.334 e. The average Bonchev–Trinajstić information content (AvgIpc) is 3.01. The summed E-state index contributed by atoms with van der Waals surface area (Å²) in [6.07, 6.45) is -1.42. The van der Waals surface area contributed by atoms with Gasteiger partial charge in [-0.3, -0.25) is 0 Å². The minimum absolute atomic E-state index is 0.189. The molecule has 21 heavy (non-hydrogen) atoms. The van der Waals surface area contributed by atoms with Crippen molar-refractivity contribution in [2.45, 2.75) is 55.9 Å². The molecule has 0 radical (unpaired) electrons. The molecule has 0 N–H and O–H groups in total. The summed E-state index contributed by atoms with van der Waals surface area (Å²) in [5.41, 5.74) is -0.501. The first-order chi connectivity index (χ1) is 9.82. The fourth-order valence-corrected chi connectivity index (χ4v) is 3.72. The standard InChI is InChI=1S/C14H18O7/c1-7-5-13(20-9(7)15)6-17-14-8(19-12(2,3)21-14)10(16-4)18-11(13)14/h8,10-11H,1,5-6H2,2-4H3/t8-,10-,11+,13-,14-/m0/s1. The van der Waals surface area contributed by atoms with Crippen molar-refractivity contribution in [3.8, 4) is 0 Å². The third kappa shape index (κ3) is 1.58. The van der Waals surface area contributed by atoms with E-state index in [0.29, 0.717) is 12.0 Å². The predicted octanol–water partition coefficient (Wildman–Crippen LogP) is 0.478. The van der Waals surface area contributed by atoms with Crippen molar-refractivity contribution in [2.75, 3.05) is 13.7 Å². The Bertz CT molecular complexity index is 511. The maximum Gasteiger partial charge on any atom is 0.334 e. The molecule has 0 aromatic rings. The molecule has 4 fully saturated rings. The van der Waals surface area contributed by atoms with Gasteiger partial charge in [0, 0.05) is 19.1 Å². The number of esters is 1. The molecule has 0 amide bonds. The molecule has 4 aliphatic heterocycles. The number of carbonyl (C=O) groups excluding carboxylic acids is 1. The third-order valence-electron chi connectivity index (χ3n) is 4.44. The number of rotatable bonds is 1. The molecule has 0 aromatic heterocycles. The van der Waals surface area contributed by atoms with E-state index >= 15 is 0 Å². The molecule has 4 saturated heterocycles. The first kappa shape index (κ1) is 13.7. The van der Waals surface area contributed by atoms with E-state index < -0.39 is 41.6 Å². The number of methoxy groups -OCH3 is 1. The van der Waals surface area contributed by atoms with Gasteiger partial charge in [0.25, 0.3) is 0 Å². The van der Waals surface area contributed by atoms with Crippen molar-refractivity contribution < 1.29 is 33.2 Å². The minimum atomic E-state index is -1.12. The molecular weight excluding hydrogens is 280 g/mol. The van der Waals surface area contributed by atoms with Crippen LogP contribution in [-0.2, 0) is 33.2 Å². The Morgan fingerprint density at radius 2 is 2.14 bits per heavy atom. The van der Waals surface area contributed by atoms with Crippen LogP contribution < -0.4 is 0 Å². The summed E-state index contributed by atoms with van der Waals surface area (Å²) in [5, 5.41) is 0. The summed E-state index contributed by atoms with van der Waals surface area (Å²) >= 11 is 0. The Hall–Kier alpha value is -0.990. The predicted molar refractivity (Wildman–Crippen MR) is 67.0 cm³/mol. The second-order valence-electron chi connectivity index (χ2n) is 6.41. The summed E-state index contributed by atoms with van der Waals surface area (Å²) in [6.45, 7) is 7.53. The van der Waals surface area contributed by atoms with Crippen molar-refractivity contribution >= 4 is 5.97 Å². The van der Waals surface area contributed by atoms with Crippen molar-refractivity contribution in [3.05, 3.63) is 12.2 Å². The van der Waals surface area contributed by atoms with Gasteiger partial charge in [-0.05, 0) is 13.8 Å². The van der Waals surface area contributed by atoms with Crippen molar-refractivity contribution in [3.63, 3.8) is 0 Å². The van der Waals surface area contributed by atoms with Gasteiger partial charge in [-0.15, -0.1) is 0 Å². The quantitative estimate of drug-likeness (QED) is 0.515. The molecule has 4 rings (SSSR count). The molecule has 116 valence electrons. The SMILES string of the molecule is C=C1C[C@@]2(CO[C@]34OC(C)(C)O[C@H]3[C@@H](OC)O[C@H]24)OC1=O. The zero-order valence-electron chi connectivity index (χ0n) is 12.2. The Morgan fingerprint density at radius 3 is 2.76 bits per heavy atom. The summed E-state index contributed by atoms with van der Waals surface area (Å²) in [4.78, 5) is 11.8. The van der Waals surface area contributed by atoms with Crippen LogP contribution in [0.3, 0.4) is 0 Å². The normalized spacial score (nSPS) is 50.5. The summed E-state index contributed by atoms with van der Waals surface area (Å²) in [7, 11) is 1.53. The van der Waals surface area contributed by atoms with Crippen molar-refractivity contribution in [1.29, 1.82) is 0 Å². The zero-order valence-corrected chi connectivity index (χ0v) is 12.2. The van der Waals surface area contributed by atoms with E-state index in [2.05, 4.69) is 6.58 Å². The molecule has 2 spiro atoms. The summed E-state index contributed by atoms with van der Waals surface area (Å²) < 4.78 is 34.6. The highest BCUT2D eigenvalue weighted by Crippen LogP contribution is 2.57. The highest BCUT2D eigenvalue weighted by Gasteiger charge is 2.78. The minimum Gasteiger partial charge on any atom is -0.450 e. The van der Waals surface area contributed by atoms with E-state index in [0.717, 1.165) is 0 Å². The molecule has 7 nitrogen and oxygen atoms in total. The van der Waals surface area contributed by atoms with Crippen LogP contribution in [0.5, 0.6) is 0 Å². The van der Waals surface area contributed by atoms with Crippen LogP contribution in [0.1, 0.15) is 20.3 Å². The van der Waals surface area contributed by atoms with E-state index in [1.54, 1.807) is 13.8 Å². The molecule has 0 bridgehead atoms. The Morgan fingerprint density at radius 1 is 1.38 bits per heavy atom. The zero-order chi connectivity index (χ0) is 15.0. The van der Waals surface area contributed by atoms with E-state index in [-0.39, 0.29) is 6.61 Å². The lowest BCUT2D eigenvalue weighted by molar-refractivity contribution is -0.271. The molecule has 0 aliphatic carbocycles. The van der Waals surface area contributed by atoms with Gasteiger partial charge in [0.2, 0.25) is 5.79 Å². The van der Waals surface area contributed by atoms with Crippen LogP contribution in [0, 0.1) is 0 Å². The topological polar surface area (TPSA) is 72.5 Å². The number of carbonyl (C=O) groups is 1. The molecular formula is C14H18O7. The van der Waals surface area contributed by atoms with Crippen LogP contribution in [0.15, 0.2) is 12.2 Å². The van der Waals surface area contributed by atoms with E-state index in [1.165, 1.54) is 7.11 Å². The van der Waals surface area contributed by atoms with Gasteiger partial charge in [-0.25, -0.2) is 4.79 Å². The van der Waals surface area contributed by atoms with Gasteiger partial charge in [-0.1, -0.05) is 6.58 Å². The molecule has 0 aromatic carbocycles. The fourth-order valence-electron chi connectivity index (χ4n) is 3.72. The van der Waals surface area contributed by atoms with Gasteiger partial charge in [0.1, 0.15) is 0 Å². The first-order valence-corrected chi connectivity index (χ1v) is 6.93. The van der Waals surface area contributed by atoms with Gasteiger partial charge in [0.05, 0.1) is 6.61 Å². The Balaban J connectivity index is 1.74. The van der Waals surface area contributed by atoms with Gasteiger partial charge < -0.3 is 28.4 Å². The second-order valence-corrected chi connectivity index (χ2v) is 6.41. The lowest BCUT2D eigenvalue weighted by Gasteiger charge is -2.30. The third-order valence-corrected chi connectivity index (χ3v) is 4.44. The highest BCUT2D eigenvalue weighted by molar-refractivity contribution is 5.90. The Kier molecular flexibility index (Phi) is 2.51. The van der Waals surface area contributed by atoms with Crippen LogP contribution in [-0.4, -0.2) is 55.4 Å². The highest BCUT2D eigenvalue weighted by atomic mass is 16.9. The lowest BCUT2D eigenvalue weighted by atomic mass is 9.90. The van der Waals surface area contributed by atoms with Crippen LogP contribution in [0.4, 0.5) is 0 Å². The number of ether oxygens (including phenoxy) is 6. The lowest BCUT2D eigenvalue weighted by Crippen LogP contribution is -2.51. The maximum atomic E-state index is 11.8. The van der Waals surface area contributed by atoms with E-state index in [4.69, 9.17) is 28.4 Å². The molecule has 7 heteroatoms. The molecule has 0 saturated carbocycles. The van der Waals surface area contributed by atoms with Crippen LogP contribution >= 0.6 is 0 Å². The molecule has 5 atom stereocenters. The number of hydrogen-bond donors (Lipinski definition) is 0. The van der Waals surface area contributed by atoms with Gasteiger partial charge >= 0.3 is 5.97 Å². The largest absolute Gasteiger partial charge is 0.450 e. The van der Waals surface area contributed by atoms with Crippen molar-refractivity contribution in [1.82, 2.24) is 0 Å². The van der Waals surface area contributed by atoms with Gasteiger partial charge in [0.15, 0.2) is 29.9 Å². The van der Waals surface area contributed by atoms with Crippen LogP contribution in [0.25, 0.3) is 0 Å². The first-order valence-electron chi connectivity index (χ1n) is 6.93. The fraction of sp³-hybridized carbons (Fsp3) is 0.786. The number of fused-ring (bicyclic) bond motifs is 1. The summed E-state index contributed by atoms with van der Waals surface area (Å²) in [6, 6.07) is 0. The second kappa shape index (κ2) is 3.85. The van der Waals surface area contributed by atoms with Crippen molar-refractivity contribution in [2.24, 2.45) is 0 Å².